The van der Waals surface area contributed by atoms with Crippen LogP contribution in [0, 0.1) is 11.8 Å². The van der Waals surface area contributed by atoms with Crippen LogP contribution < -0.4 is 15.8 Å². The van der Waals surface area contributed by atoms with Crippen LogP contribution in [0.4, 0.5) is 0 Å². The van der Waals surface area contributed by atoms with Crippen LogP contribution in [-0.4, -0.2) is 18.6 Å². The Morgan fingerprint density at radius 3 is 2.67 bits per heavy atom. The highest BCUT2D eigenvalue weighted by Crippen LogP contribution is 2.36. The Hall–Kier alpha value is -1.55. The van der Waals surface area contributed by atoms with Gasteiger partial charge in [-0.3, -0.25) is 4.79 Å². The van der Waals surface area contributed by atoms with Gasteiger partial charge in [0.05, 0.1) is 6.61 Å². The smallest absolute Gasteiger partial charge is 0.220 e. The molecule has 2 unspecified atom stereocenters. The molecule has 0 aromatic heterocycles. The van der Waals surface area contributed by atoms with Crippen LogP contribution in [0.25, 0.3) is 0 Å². The molecule has 21 heavy (non-hydrogen) atoms. The summed E-state index contributed by atoms with van der Waals surface area (Å²) in [5, 5.41) is 3.79. The maximum Gasteiger partial charge on any atom is 0.220 e. The molecule has 1 heterocycles. The molecule has 4 nitrogen and oxygen atoms in total. The number of hydrogen-bond acceptors (Lipinski definition) is 3. The van der Waals surface area contributed by atoms with Gasteiger partial charge < -0.3 is 15.8 Å². The van der Waals surface area contributed by atoms with E-state index in [9.17, 15) is 4.79 Å². The lowest BCUT2D eigenvalue weighted by Crippen LogP contribution is -2.42. The monoisotopic (exact) mass is 288 g/mol. The molecule has 1 aromatic rings. The Labute approximate surface area is 126 Å². The Morgan fingerprint density at radius 2 is 1.95 bits per heavy atom. The van der Waals surface area contributed by atoms with Gasteiger partial charge in [-0.2, -0.15) is 0 Å². The van der Waals surface area contributed by atoms with Gasteiger partial charge in [-0.25, -0.2) is 0 Å². The van der Waals surface area contributed by atoms with Gasteiger partial charge in [-0.1, -0.05) is 25.1 Å². The van der Waals surface area contributed by atoms with E-state index in [0.717, 1.165) is 38.0 Å². The molecule has 2 atom stereocenters. The Bertz CT molecular complexity index is 509. The van der Waals surface area contributed by atoms with Crippen LogP contribution in [0.2, 0.25) is 0 Å². The second-order valence-electron chi connectivity index (χ2n) is 6.42. The standard InChI is InChI=1S/C17H24N2O2/c1-11-10-21-15-5-3-2-4-14(15)16(11)19-13-8-6-12(7-9-13)17(18)20/h2-5,11-13,16,19H,6-10H2,1H3,(H2,18,20). The van der Waals surface area contributed by atoms with E-state index in [2.05, 4.69) is 24.4 Å². The minimum atomic E-state index is -0.141. The molecule has 2 aliphatic rings. The topological polar surface area (TPSA) is 64.3 Å². The summed E-state index contributed by atoms with van der Waals surface area (Å²) in [5.74, 6) is 1.38. The van der Waals surface area contributed by atoms with Crippen LogP contribution in [-0.2, 0) is 4.79 Å². The fourth-order valence-electron chi connectivity index (χ4n) is 3.55. The van der Waals surface area contributed by atoms with Crippen LogP contribution in [0.15, 0.2) is 24.3 Å². The summed E-state index contributed by atoms with van der Waals surface area (Å²) in [6, 6.07) is 9.09. The molecule has 0 bridgehead atoms. The Morgan fingerprint density at radius 1 is 1.24 bits per heavy atom. The summed E-state index contributed by atoms with van der Waals surface area (Å²) in [7, 11) is 0. The zero-order valence-electron chi connectivity index (χ0n) is 12.5. The van der Waals surface area contributed by atoms with Crippen molar-refractivity contribution in [3.05, 3.63) is 29.8 Å². The largest absolute Gasteiger partial charge is 0.493 e. The Balaban J connectivity index is 1.67. The SMILES string of the molecule is CC1COc2ccccc2C1NC1CCC(C(N)=O)CC1. The molecule has 1 saturated carbocycles. The maximum atomic E-state index is 11.3. The van der Waals surface area contributed by atoms with Gasteiger partial charge in [-0.05, 0) is 31.7 Å². The molecule has 1 aliphatic heterocycles. The van der Waals surface area contributed by atoms with Crippen molar-refractivity contribution in [2.75, 3.05) is 6.61 Å². The number of carbonyl (C=O) groups excluding carboxylic acids is 1. The summed E-state index contributed by atoms with van der Waals surface area (Å²) in [6.45, 7) is 2.98. The summed E-state index contributed by atoms with van der Waals surface area (Å²) in [5.41, 5.74) is 6.66. The van der Waals surface area contributed by atoms with E-state index in [1.54, 1.807) is 0 Å². The summed E-state index contributed by atoms with van der Waals surface area (Å²) in [4.78, 5) is 11.3. The molecule has 4 heteroatoms. The number of fused-ring (bicyclic) bond motifs is 1. The second kappa shape index (κ2) is 6.06. The number of rotatable bonds is 3. The highest BCUT2D eigenvalue weighted by Gasteiger charge is 2.31. The van der Waals surface area contributed by atoms with Crippen molar-refractivity contribution >= 4 is 5.91 Å². The first-order valence-corrected chi connectivity index (χ1v) is 7.92. The van der Waals surface area contributed by atoms with Gasteiger partial charge >= 0.3 is 0 Å². The van der Waals surface area contributed by atoms with Crippen LogP contribution in [0.3, 0.4) is 0 Å². The van der Waals surface area contributed by atoms with E-state index < -0.39 is 0 Å². The number of primary amides is 1. The van der Waals surface area contributed by atoms with Crippen LogP contribution >= 0.6 is 0 Å². The molecule has 114 valence electrons. The third-order valence-electron chi connectivity index (χ3n) is 4.87. The average Bonchev–Trinajstić information content (AvgIpc) is 2.51. The fraction of sp³-hybridized carbons (Fsp3) is 0.588. The number of nitrogens with one attached hydrogen (secondary N) is 1. The van der Waals surface area contributed by atoms with Crippen molar-refractivity contribution in [3.8, 4) is 5.75 Å². The molecule has 0 spiro atoms. The second-order valence-corrected chi connectivity index (χ2v) is 6.42. The van der Waals surface area contributed by atoms with Crippen molar-refractivity contribution in [3.63, 3.8) is 0 Å². The molecule has 3 rings (SSSR count). The van der Waals surface area contributed by atoms with Gasteiger partial charge in [0, 0.05) is 29.5 Å². The zero-order chi connectivity index (χ0) is 14.8. The zero-order valence-corrected chi connectivity index (χ0v) is 12.5. The van der Waals surface area contributed by atoms with Crippen molar-refractivity contribution in [2.45, 2.75) is 44.7 Å². The molecule has 1 fully saturated rings. The predicted molar refractivity (Wildman–Crippen MR) is 81.9 cm³/mol. The van der Waals surface area contributed by atoms with Crippen molar-refractivity contribution in [2.24, 2.45) is 17.6 Å². The summed E-state index contributed by atoms with van der Waals surface area (Å²) < 4.78 is 5.80. The normalized spacial score (nSPS) is 32.0. The van der Waals surface area contributed by atoms with Crippen LogP contribution in [0.1, 0.15) is 44.2 Å². The quantitative estimate of drug-likeness (QED) is 0.897. The molecular formula is C17H24N2O2. The predicted octanol–water partition coefficient (Wildman–Crippen LogP) is 2.39. The van der Waals surface area contributed by atoms with Gasteiger partial charge in [-0.15, -0.1) is 0 Å². The molecular weight excluding hydrogens is 264 g/mol. The van der Waals surface area contributed by atoms with E-state index in [1.165, 1.54) is 5.56 Å². The number of nitrogens with two attached hydrogens (primary N) is 1. The molecule has 1 aromatic carbocycles. The summed E-state index contributed by atoms with van der Waals surface area (Å²) in [6.07, 6.45) is 3.87. The summed E-state index contributed by atoms with van der Waals surface area (Å²) >= 11 is 0. The van der Waals surface area contributed by atoms with Gasteiger partial charge in [0.1, 0.15) is 5.75 Å². The lowest BCUT2D eigenvalue weighted by Gasteiger charge is -2.37. The highest BCUT2D eigenvalue weighted by atomic mass is 16.5. The number of carbonyl (C=O) groups is 1. The first-order valence-electron chi connectivity index (χ1n) is 7.92. The number of hydrogen-bond donors (Lipinski definition) is 2. The Kier molecular flexibility index (Phi) is 4.15. The first kappa shape index (κ1) is 14.4. The highest BCUT2D eigenvalue weighted by molar-refractivity contribution is 5.76. The third-order valence-corrected chi connectivity index (χ3v) is 4.87. The van der Waals surface area contributed by atoms with Gasteiger partial charge in [0.15, 0.2) is 0 Å². The number of ether oxygens (including phenoxy) is 1. The maximum absolute atomic E-state index is 11.3. The molecule has 3 N–H and O–H groups in total. The van der Waals surface area contributed by atoms with Crippen molar-refractivity contribution in [1.29, 1.82) is 0 Å². The minimum Gasteiger partial charge on any atom is -0.493 e. The van der Waals surface area contributed by atoms with Crippen molar-refractivity contribution < 1.29 is 9.53 Å². The molecule has 1 amide bonds. The van der Waals surface area contributed by atoms with E-state index in [-0.39, 0.29) is 11.8 Å². The minimum absolute atomic E-state index is 0.0717. The third kappa shape index (κ3) is 3.05. The molecule has 0 radical (unpaired) electrons. The van der Waals surface area contributed by atoms with Gasteiger partial charge in [0.25, 0.3) is 0 Å². The number of amides is 1. The van der Waals surface area contributed by atoms with Gasteiger partial charge in [0.2, 0.25) is 5.91 Å². The fourth-order valence-corrected chi connectivity index (χ4v) is 3.55. The van der Waals surface area contributed by atoms with E-state index >= 15 is 0 Å². The number of benzene rings is 1. The van der Waals surface area contributed by atoms with E-state index in [1.807, 2.05) is 12.1 Å². The lowest BCUT2D eigenvalue weighted by atomic mass is 9.84. The van der Waals surface area contributed by atoms with E-state index in [4.69, 9.17) is 10.5 Å². The van der Waals surface area contributed by atoms with E-state index in [0.29, 0.717) is 18.0 Å². The number of para-hydroxylation sites is 1. The molecule has 1 aliphatic carbocycles. The van der Waals surface area contributed by atoms with Crippen LogP contribution in [0.5, 0.6) is 5.75 Å². The first-order chi connectivity index (χ1) is 10.1. The van der Waals surface area contributed by atoms with Crippen molar-refractivity contribution in [1.82, 2.24) is 5.32 Å². The average molecular weight is 288 g/mol. The lowest BCUT2D eigenvalue weighted by molar-refractivity contribution is -0.122. The molecule has 0 saturated heterocycles.